The summed E-state index contributed by atoms with van der Waals surface area (Å²) in [5.41, 5.74) is 2.49. The summed E-state index contributed by atoms with van der Waals surface area (Å²) in [4.78, 5) is 17.5. The summed E-state index contributed by atoms with van der Waals surface area (Å²) in [6, 6.07) is 12.3. The monoisotopic (exact) mass is 490 g/mol. The molecule has 3 aromatic rings. The molecule has 1 aromatic heterocycles. The van der Waals surface area contributed by atoms with Gasteiger partial charge in [0, 0.05) is 38.5 Å². The number of aryl methyl sites for hydroxylation is 2. The first-order valence-corrected chi connectivity index (χ1v) is 12.9. The first-order valence-electron chi connectivity index (χ1n) is 11.1. The normalized spacial score (nSPS) is 12.9. The van der Waals surface area contributed by atoms with E-state index in [4.69, 9.17) is 16.6 Å². The minimum absolute atomic E-state index is 0.0672. The van der Waals surface area contributed by atoms with Crippen molar-refractivity contribution in [3.63, 3.8) is 0 Å². The van der Waals surface area contributed by atoms with Crippen molar-refractivity contribution in [2.75, 3.05) is 14.1 Å². The fourth-order valence-corrected chi connectivity index (χ4v) is 4.71. The Kier molecular flexibility index (Phi) is 8.15. The molecule has 33 heavy (non-hydrogen) atoms. The summed E-state index contributed by atoms with van der Waals surface area (Å²) in [5, 5.41) is 3.68. The largest absolute Gasteiger partial charge is 0.350 e. The average Bonchev–Trinajstić information content (AvgIpc) is 3.13. The molecule has 0 bridgehead atoms. The smallest absolute Gasteiger partial charge is 0.242 e. The number of fused-ring (bicyclic) bond motifs is 1. The maximum atomic E-state index is 12.6. The Morgan fingerprint density at radius 1 is 1.18 bits per heavy atom. The van der Waals surface area contributed by atoms with Gasteiger partial charge in [-0.15, -0.1) is 0 Å². The van der Waals surface area contributed by atoms with Gasteiger partial charge in [-0.25, -0.2) is 17.7 Å². The molecular weight excluding hydrogens is 460 g/mol. The highest BCUT2D eigenvalue weighted by molar-refractivity contribution is 7.89. The van der Waals surface area contributed by atoms with Crippen molar-refractivity contribution >= 4 is 38.6 Å². The van der Waals surface area contributed by atoms with Crippen LogP contribution in [0.3, 0.4) is 0 Å². The number of halogens is 1. The Morgan fingerprint density at radius 3 is 2.52 bits per heavy atom. The molecule has 1 amide bonds. The number of rotatable bonds is 10. The summed E-state index contributed by atoms with van der Waals surface area (Å²) in [5.74, 6) is 0.717. The molecule has 1 atom stereocenters. The van der Waals surface area contributed by atoms with Gasteiger partial charge in [-0.2, -0.15) is 0 Å². The Balaban J connectivity index is 1.79. The highest BCUT2D eigenvalue weighted by atomic mass is 35.5. The van der Waals surface area contributed by atoms with Crippen LogP contribution < -0.4 is 5.32 Å². The van der Waals surface area contributed by atoms with E-state index < -0.39 is 10.0 Å². The maximum Gasteiger partial charge on any atom is 0.242 e. The van der Waals surface area contributed by atoms with Gasteiger partial charge in [0.1, 0.15) is 5.82 Å². The summed E-state index contributed by atoms with van der Waals surface area (Å²) < 4.78 is 28.3. The Morgan fingerprint density at radius 2 is 1.88 bits per heavy atom. The zero-order valence-electron chi connectivity index (χ0n) is 19.5. The molecule has 0 aliphatic carbocycles. The molecule has 0 saturated carbocycles. The second kappa shape index (κ2) is 10.7. The highest BCUT2D eigenvalue weighted by Crippen LogP contribution is 2.23. The topological polar surface area (TPSA) is 84.3 Å². The Labute approximate surface area is 200 Å². The molecule has 7 nitrogen and oxygen atoms in total. The quantitative estimate of drug-likeness (QED) is 0.452. The van der Waals surface area contributed by atoms with Crippen LogP contribution in [0.15, 0.2) is 47.4 Å². The number of amides is 1. The minimum atomic E-state index is -3.55. The third kappa shape index (κ3) is 5.93. The lowest BCUT2D eigenvalue weighted by Gasteiger charge is -2.15. The van der Waals surface area contributed by atoms with Crippen LogP contribution in [-0.2, 0) is 27.8 Å². The molecule has 0 fully saturated rings. The molecule has 1 heterocycles. The van der Waals surface area contributed by atoms with Crippen LogP contribution in [-0.4, -0.2) is 42.3 Å². The van der Waals surface area contributed by atoms with E-state index in [9.17, 15) is 13.2 Å². The number of nitrogens with zero attached hydrogens (tertiary/aromatic N) is 3. The van der Waals surface area contributed by atoms with Crippen molar-refractivity contribution in [3.8, 4) is 0 Å². The van der Waals surface area contributed by atoms with E-state index in [1.807, 2.05) is 19.1 Å². The van der Waals surface area contributed by atoms with Crippen LogP contribution in [0.2, 0.25) is 5.02 Å². The number of hydrogen-bond donors (Lipinski definition) is 1. The number of aromatic nitrogens is 2. The second-order valence-corrected chi connectivity index (χ2v) is 10.9. The lowest BCUT2D eigenvalue weighted by Crippen LogP contribution is -2.27. The number of benzene rings is 2. The second-order valence-electron chi connectivity index (χ2n) is 8.31. The zero-order valence-corrected chi connectivity index (χ0v) is 21.1. The molecule has 0 spiro atoms. The minimum Gasteiger partial charge on any atom is -0.350 e. The molecular formula is C24H31ClN4O3S. The first-order chi connectivity index (χ1) is 15.6. The molecule has 0 radical (unpaired) electrons. The summed E-state index contributed by atoms with van der Waals surface area (Å²) in [7, 11) is -0.529. The molecule has 1 unspecified atom stereocenters. The predicted molar refractivity (Wildman–Crippen MR) is 132 cm³/mol. The number of hydrogen-bond acceptors (Lipinski definition) is 4. The van der Waals surface area contributed by atoms with Crippen LogP contribution in [0.25, 0.3) is 11.0 Å². The van der Waals surface area contributed by atoms with Crippen molar-refractivity contribution in [2.45, 2.75) is 57.0 Å². The van der Waals surface area contributed by atoms with Crippen molar-refractivity contribution < 1.29 is 13.2 Å². The number of carbonyl (C=O) groups excluding carboxylic acids is 1. The number of sulfonamides is 1. The SMILES string of the molecule is CCCCn1c(CCC(=O)NC(C)c2ccc(Cl)cc2)nc2cc(S(=O)(=O)N(C)C)ccc21. The summed E-state index contributed by atoms with van der Waals surface area (Å²) in [6.07, 6.45) is 2.74. The molecule has 0 aliphatic heterocycles. The van der Waals surface area contributed by atoms with Crippen LogP contribution in [0, 0.1) is 0 Å². The lowest BCUT2D eigenvalue weighted by atomic mass is 10.1. The number of nitrogens with one attached hydrogen (secondary N) is 1. The van der Waals surface area contributed by atoms with Crippen molar-refractivity contribution in [1.29, 1.82) is 0 Å². The third-order valence-corrected chi connectivity index (χ3v) is 7.70. The molecule has 0 aliphatic rings. The average molecular weight is 491 g/mol. The lowest BCUT2D eigenvalue weighted by molar-refractivity contribution is -0.121. The molecule has 1 N–H and O–H groups in total. The van der Waals surface area contributed by atoms with Gasteiger partial charge in [-0.05, 0) is 49.2 Å². The van der Waals surface area contributed by atoms with Crippen molar-refractivity contribution in [3.05, 3.63) is 58.9 Å². The number of imidazole rings is 1. The van der Waals surface area contributed by atoms with Crippen molar-refractivity contribution in [1.82, 2.24) is 19.2 Å². The van der Waals surface area contributed by atoms with E-state index in [1.165, 1.54) is 18.4 Å². The van der Waals surface area contributed by atoms with Crippen LogP contribution >= 0.6 is 11.6 Å². The van der Waals surface area contributed by atoms with E-state index in [0.717, 1.165) is 36.3 Å². The van der Waals surface area contributed by atoms with Crippen LogP contribution in [0.1, 0.15) is 50.5 Å². The summed E-state index contributed by atoms with van der Waals surface area (Å²) in [6.45, 7) is 4.82. The third-order valence-electron chi connectivity index (χ3n) is 5.64. The van der Waals surface area contributed by atoms with E-state index in [1.54, 1.807) is 30.3 Å². The Bertz CT molecular complexity index is 1220. The van der Waals surface area contributed by atoms with Crippen LogP contribution in [0.4, 0.5) is 0 Å². The predicted octanol–water partition coefficient (Wildman–Crippen LogP) is 4.55. The fourth-order valence-electron chi connectivity index (χ4n) is 3.66. The Hall–Kier alpha value is -2.42. The van der Waals surface area contributed by atoms with Gasteiger partial charge in [-0.3, -0.25) is 4.79 Å². The fraction of sp³-hybridized carbons (Fsp3) is 0.417. The standard InChI is InChI=1S/C24H31ClN4O3S/c1-5-6-15-29-22-12-11-20(33(31,32)28(3)4)16-21(22)27-23(29)13-14-24(30)26-17(2)18-7-9-19(25)10-8-18/h7-12,16-17H,5-6,13-15H2,1-4H3,(H,26,30). The number of unbranched alkanes of at least 4 members (excludes halogenated alkanes) is 1. The van der Waals surface area contributed by atoms with Crippen molar-refractivity contribution in [2.24, 2.45) is 0 Å². The molecule has 2 aromatic carbocycles. The van der Waals surface area contributed by atoms with Gasteiger partial charge in [0.25, 0.3) is 0 Å². The van der Waals surface area contributed by atoms with E-state index in [0.29, 0.717) is 17.0 Å². The molecule has 178 valence electrons. The van der Waals surface area contributed by atoms with E-state index in [-0.39, 0.29) is 23.3 Å². The maximum absolute atomic E-state index is 12.6. The van der Waals surface area contributed by atoms with Gasteiger partial charge in [0.2, 0.25) is 15.9 Å². The van der Waals surface area contributed by atoms with Gasteiger partial charge in [-0.1, -0.05) is 37.1 Å². The first kappa shape index (κ1) is 25.2. The molecule has 0 saturated heterocycles. The zero-order chi connectivity index (χ0) is 24.2. The molecule has 3 rings (SSSR count). The van der Waals surface area contributed by atoms with Gasteiger partial charge < -0.3 is 9.88 Å². The van der Waals surface area contributed by atoms with Gasteiger partial charge >= 0.3 is 0 Å². The van der Waals surface area contributed by atoms with Crippen LogP contribution in [0.5, 0.6) is 0 Å². The van der Waals surface area contributed by atoms with Gasteiger partial charge in [0.05, 0.1) is 22.0 Å². The summed E-state index contributed by atoms with van der Waals surface area (Å²) >= 11 is 5.94. The highest BCUT2D eigenvalue weighted by Gasteiger charge is 2.20. The van der Waals surface area contributed by atoms with E-state index in [2.05, 4.69) is 16.8 Å². The van der Waals surface area contributed by atoms with Gasteiger partial charge in [0.15, 0.2) is 0 Å². The molecule has 9 heteroatoms. The van der Waals surface area contributed by atoms with E-state index >= 15 is 0 Å². The number of carbonyl (C=O) groups is 1.